The molecule has 0 amide bonds. The van der Waals surface area contributed by atoms with Crippen LogP contribution in [0.4, 0.5) is 0 Å². The number of ether oxygens (including phenoxy) is 2. The maximum atomic E-state index is 15.2. The molecule has 10 rings (SSSR count). The third-order valence-electron chi connectivity index (χ3n) is 17.0. The maximum Gasteiger partial charge on any atom is 0.159 e. The molecule has 3 aliphatic heterocycles. The van der Waals surface area contributed by atoms with Gasteiger partial charge in [0.25, 0.3) is 0 Å². The fraction of sp³-hybridized carbons (Fsp3) is 0.850. The van der Waals surface area contributed by atoms with Gasteiger partial charge in [0.05, 0.1) is 31.0 Å². The first-order valence-electron chi connectivity index (χ1n) is 18.6. The zero-order valence-corrected chi connectivity index (χ0v) is 28.3. The summed E-state index contributed by atoms with van der Waals surface area (Å²) < 4.78 is 13.4. The molecule has 4 nitrogen and oxygen atoms in total. The largest absolute Gasteiger partial charge is 0.501 e. The summed E-state index contributed by atoms with van der Waals surface area (Å²) in [5, 5.41) is 0. The minimum Gasteiger partial charge on any atom is -0.501 e. The van der Waals surface area contributed by atoms with Crippen LogP contribution < -0.4 is 0 Å². The molecule has 12 atom stereocenters. The Labute approximate surface area is 265 Å². The van der Waals surface area contributed by atoms with Crippen molar-refractivity contribution in [2.75, 3.05) is 13.2 Å². The van der Waals surface area contributed by atoms with Crippen LogP contribution in [0.5, 0.6) is 0 Å². The first-order valence-corrected chi connectivity index (χ1v) is 18.6. The van der Waals surface area contributed by atoms with Crippen molar-refractivity contribution < 1.29 is 19.1 Å². The molecule has 0 aromatic rings. The molecule has 2 bridgehead atoms. The molecule has 12 unspecified atom stereocenters. The van der Waals surface area contributed by atoms with Crippen molar-refractivity contribution >= 4 is 11.6 Å². The summed E-state index contributed by atoms with van der Waals surface area (Å²) in [5.74, 6) is 3.73. The minimum absolute atomic E-state index is 0.00140. The van der Waals surface area contributed by atoms with Crippen molar-refractivity contribution in [3.05, 3.63) is 23.0 Å². The first kappa shape index (κ1) is 28.8. The average Bonchev–Trinajstić information content (AvgIpc) is 2.97. The fourth-order valence-electron chi connectivity index (χ4n) is 15.4. The molecule has 0 aromatic carbocycles. The molecule has 5 saturated carbocycles. The van der Waals surface area contributed by atoms with E-state index in [-0.39, 0.29) is 28.8 Å². The highest BCUT2D eigenvalue weighted by molar-refractivity contribution is 6.01. The van der Waals surface area contributed by atoms with Gasteiger partial charge in [0, 0.05) is 30.3 Å². The predicted octanol–water partition coefficient (Wildman–Crippen LogP) is 8.49. The van der Waals surface area contributed by atoms with Gasteiger partial charge in [-0.2, -0.15) is 0 Å². The van der Waals surface area contributed by atoms with Crippen LogP contribution in [0.25, 0.3) is 0 Å². The molecular formula is C40H56O4. The summed E-state index contributed by atoms with van der Waals surface area (Å²) in [4.78, 5) is 29.6. The van der Waals surface area contributed by atoms with Crippen LogP contribution in [0, 0.1) is 74.4 Å². The normalized spacial score (nSPS) is 53.0. The summed E-state index contributed by atoms with van der Waals surface area (Å²) in [7, 11) is 0. The van der Waals surface area contributed by atoms with Crippen molar-refractivity contribution in [3.63, 3.8) is 0 Å². The Kier molecular flexibility index (Phi) is 5.84. The molecule has 0 N–H and O–H groups in total. The highest BCUT2D eigenvalue weighted by Crippen LogP contribution is 2.73. The van der Waals surface area contributed by atoms with E-state index in [1.54, 1.807) is 0 Å². The first-order chi connectivity index (χ1) is 20.9. The van der Waals surface area contributed by atoms with Crippen LogP contribution in [0.2, 0.25) is 0 Å². The molecule has 6 fully saturated rings. The monoisotopic (exact) mass is 600 g/mol. The second-order valence-electron chi connectivity index (χ2n) is 19.2. The Morgan fingerprint density at radius 1 is 0.682 bits per heavy atom. The number of hydrogen-bond donors (Lipinski definition) is 0. The highest BCUT2D eigenvalue weighted by Gasteiger charge is 2.73. The quantitative estimate of drug-likeness (QED) is 0.280. The van der Waals surface area contributed by atoms with E-state index in [4.69, 9.17) is 9.47 Å². The van der Waals surface area contributed by atoms with Crippen molar-refractivity contribution in [3.8, 4) is 0 Å². The van der Waals surface area contributed by atoms with Gasteiger partial charge >= 0.3 is 0 Å². The Balaban J connectivity index is 1.15. The van der Waals surface area contributed by atoms with Gasteiger partial charge in [-0.05, 0) is 120 Å². The standard InChI is InChI=1S/C40H56O4/c1-36(2)14-8-16-39(6)26-18-32(42)40-27(22(26)9-11-30(36)39)20-43-21-28(40)24-19-44-35(40)34-23-10-12-31-37(3,4)13-7-15-38(31,5)25(23)17-29(41)33(24)34/h20,22-26,28,30-31,35H,7-19,21H2,1-6H3. The molecule has 10 aliphatic rings. The van der Waals surface area contributed by atoms with Crippen molar-refractivity contribution in [1.29, 1.82) is 0 Å². The molecule has 4 heteroatoms. The Bertz CT molecular complexity index is 1380. The lowest BCUT2D eigenvalue weighted by molar-refractivity contribution is -0.195. The molecule has 7 aliphatic carbocycles. The SMILES string of the molecule is CC1(C)CCCC2(C)C3CC(=O)C45C(=COCC4C4COC5C5=C4C(=O)CC4C5CCC5C(C)(C)CCCC45C)C3CCC12. The average molecular weight is 601 g/mol. The Hall–Kier alpha value is -1.42. The predicted molar refractivity (Wildman–Crippen MR) is 170 cm³/mol. The van der Waals surface area contributed by atoms with Crippen LogP contribution in [0.3, 0.4) is 0 Å². The van der Waals surface area contributed by atoms with E-state index in [1.807, 2.05) is 0 Å². The summed E-state index contributed by atoms with van der Waals surface area (Å²) in [6.07, 6.45) is 15.6. The van der Waals surface area contributed by atoms with Crippen molar-refractivity contribution in [1.82, 2.24) is 0 Å². The number of fused-ring (bicyclic) bond motifs is 8. The topological polar surface area (TPSA) is 52.6 Å². The Morgan fingerprint density at radius 3 is 1.95 bits per heavy atom. The molecular weight excluding hydrogens is 544 g/mol. The van der Waals surface area contributed by atoms with E-state index in [1.165, 1.54) is 62.5 Å². The van der Waals surface area contributed by atoms with Crippen molar-refractivity contribution in [2.45, 2.75) is 125 Å². The number of carbonyl (C=O) groups excluding carboxylic acids is 2. The van der Waals surface area contributed by atoms with Gasteiger partial charge in [0.1, 0.15) is 5.78 Å². The van der Waals surface area contributed by atoms with E-state index in [2.05, 4.69) is 47.8 Å². The molecule has 0 aromatic heterocycles. The van der Waals surface area contributed by atoms with Gasteiger partial charge in [-0.15, -0.1) is 0 Å². The van der Waals surface area contributed by atoms with E-state index in [0.29, 0.717) is 84.0 Å². The second-order valence-corrected chi connectivity index (χ2v) is 19.2. The number of ketones is 2. The fourth-order valence-corrected chi connectivity index (χ4v) is 15.4. The summed E-state index contributed by atoms with van der Waals surface area (Å²) in [5.41, 5.74) is 4.11. The van der Waals surface area contributed by atoms with Crippen LogP contribution in [-0.2, 0) is 19.1 Å². The van der Waals surface area contributed by atoms with Gasteiger partial charge in [-0.3, -0.25) is 9.59 Å². The number of rotatable bonds is 0. The lowest BCUT2D eigenvalue weighted by Crippen LogP contribution is -2.70. The maximum absolute atomic E-state index is 15.2. The third-order valence-corrected chi connectivity index (χ3v) is 17.0. The lowest BCUT2D eigenvalue weighted by atomic mass is 9.37. The molecule has 1 spiro atoms. The molecule has 240 valence electrons. The summed E-state index contributed by atoms with van der Waals surface area (Å²) >= 11 is 0. The van der Waals surface area contributed by atoms with Crippen molar-refractivity contribution in [2.24, 2.45) is 74.4 Å². The van der Waals surface area contributed by atoms with Gasteiger partial charge in [-0.1, -0.05) is 54.4 Å². The van der Waals surface area contributed by atoms with Crippen LogP contribution in [0.1, 0.15) is 119 Å². The summed E-state index contributed by atoms with van der Waals surface area (Å²) in [6.45, 7) is 16.2. The smallest absolute Gasteiger partial charge is 0.159 e. The van der Waals surface area contributed by atoms with Gasteiger partial charge in [0.2, 0.25) is 0 Å². The van der Waals surface area contributed by atoms with Crippen LogP contribution in [0.15, 0.2) is 23.0 Å². The van der Waals surface area contributed by atoms with Gasteiger partial charge in [0.15, 0.2) is 5.78 Å². The highest BCUT2D eigenvalue weighted by atomic mass is 16.5. The van der Waals surface area contributed by atoms with E-state index in [0.717, 1.165) is 18.4 Å². The number of hydrogen-bond acceptors (Lipinski definition) is 4. The molecule has 3 heterocycles. The zero-order valence-electron chi connectivity index (χ0n) is 28.3. The zero-order chi connectivity index (χ0) is 30.6. The minimum atomic E-state index is -0.625. The second kappa shape index (κ2) is 8.93. The van der Waals surface area contributed by atoms with Crippen LogP contribution >= 0.6 is 0 Å². The lowest BCUT2D eigenvalue weighted by Gasteiger charge is -2.68. The van der Waals surface area contributed by atoms with E-state index >= 15 is 4.79 Å². The van der Waals surface area contributed by atoms with Gasteiger partial charge in [-0.25, -0.2) is 0 Å². The number of Topliss-reactive ketones (excluding diaryl/α,β-unsaturated/α-hetero) is 2. The van der Waals surface area contributed by atoms with Gasteiger partial charge < -0.3 is 9.47 Å². The number of carbonyl (C=O) groups is 2. The molecule has 0 radical (unpaired) electrons. The van der Waals surface area contributed by atoms with Crippen LogP contribution in [-0.4, -0.2) is 30.9 Å². The molecule has 44 heavy (non-hydrogen) atoms. The van der Waals surface area contributed by atoms with E-state index < -0.39 is 5.41 Å². The summed E-state index contributed by atoms with van der Waals surface area (Å²) in [6, 6.07) is 0. The third kappa shape index (κ3) is 3.26. The Morgan fingerprint density at radius 2 is 1.30 bits per heavy atom. The molecule has 1 saturated heterocycles. The van der Waals surface area contributed by atoms with E-state index in [9.17, 15) is 4.79 Å².